The average molecular weight is 433 g/mol. The molecule has 2 unspecified atom stereocenters. The van der Waals surface area contributed by atoms with E-state index in [-0.39, 0.29) is 17.9 Å². The normalized spacial score (nSPS) is 17.1. The maximum Gasteiger partial charge on any atom is 0.255 e. The molecule has 1 aliphatic heterocycles. The number of amides is 2. The zero-order valence-electron chi connectivity index (χ0n) is 15.9. The second-order valence-electron chi connectivity index (χ2n) is 7.22. The van der Waals surface area contributed by atoms with Crippen LogP contribution in [0.25, 0.3) is 0 Å². The summed E-state index contributed by atoms with van der Waals surface area (Å²) in [6.45, 7) is 6.96. The van der Waals surface area contributed by atoms with Crippen molar-refractivity contribution in [2.75, 3.05) is 6.54 Å². The molecular formula is C20H25BrN4O2. The molecule has 7 heteroatoms. The molecule has 144 valence electrons. The van der Waals surface area contributed by atoms with Crippen LogP contribution >= 0.6 is 15.9 Å². The summed E-state index contributed by atoms with van der Waals surface area (Å²) in [4.78, 5) is 24.1. The Morgan fingerprint density at radius 3 is 2.93 bits per heavy atom. The van der Waals surface area contributed by atoms with Crippen LogP contribution in [0.1, 0.15) is 53.5 Å². The molecule has 0 spiro atoms. The highest BCUT2D eigenvalue weighted by atomic mass is 79.9. The fraction of sp³-hybridized carbons (Fsp3) is 0.450. The van der Waals surface area contributed by atoms with Crippen LogP contribution in [0.5, 0.6) is 0 Å². The number of nitrogens with zero attached hydrogens (tertiary/aromatic N) is 2. The van der Waals surface area contributed by atoms with Crippen LogP contribution in [0, 0.1) is 12.8 Å². The van der Waals surface area contributed by atoms with Gasteiger partial charge in [0, 0.05) is 24.5 Å². The van der Waals surface area contributed by atoms with E-state index in [9.17, 15) is 9.59 Å². The molecule has 2 heterocycles. The summed E-state index contributed by atoms with van der Waals surface area (Å²) in [5.41, 5.74) is 3.80. The highest BCUT2D eigenvalue weighted by molar-refractivity contribution is 9.10. The molecule has 2 N–H and O–H groups in total. The minimum Gasteiger partial charge on any atom is -0.356 e. The van der Waals surface area contributed by atoms with E-state index in [1.165, 1.54) is 6.92 Å². The van der Waals surface area contributed by atoms with E-state index in [2.05, 4.69) is 31.7 Å². The third-order valence-electron chi connectivity index (χ3n) is 5.12. The molecule has 1 aromatic heterocycles. The van der Waals surface area contributed by atoms with Crippen molar-refractivity contribution in [3.63, 3.8) is 0 Å². The molecule has 3 rings (SSSR count). The third kappa shape index (κ3) is 4.58. The highest BCUT2D eigenvalue weighted by Crippen LogP contribution is 2.25. The minimum absolute atomic E-state index is 0.0229. The lowest BCUT2D eigenvalue weighted by atomic mass is 9.94. The van der Waals surface area contributed by atoms with Crippen LogP contribution < -0.4 is 10.6 Å². The number of benzene rings is 1. The molecule has 1 aliphatic rings. The van der Waals surface area contributed by atoms with Gasteiger partial charge in [0.05, 0.1) is 23.5 Å². The number of hydrogen-bond acceptors (Lipinski definition) is 3. The van der Waals surface area contributed by atoms with E-state index >= 15 is 0 Å². The maximum atomic E-state index is 12.9. The van der Waals surface area contributed by atoms with E-state index in [4.69, 9.17) is 0 Å². The van der Waals surface area contributed by atoms with E-state index in [0.717, 1.165) is 40.7 Å². The van der Waals surface area contributed by atoms with Crippen molar-refractivity contribution in [3.05, 3.63) is 51.3 Å². The summed E-state index contributed by atoms with van der Waals surface area (Å²) in [6, 6.07) is 5.97. The topological polar surface area (TPSA) is 76.0 Å². The Balaban J connectivity index is 1.72. The lowest BCUT2D eigenvalue weighted by molar-refractivity contribution is -0.119. The summed E-state index contributed by atoms with van der Waals surface area (Å²) >= 11 is 3.49. The van der Waals surface area contributed by atoms with E-state index < -0.39 is 0 Å². The molecule has 0 aliphatic carbocycles. The van der Waals surface area contributed by atoms with Crippen LogP contribution in [-0.4, -0.2) is 28.1 Å². The number of carbonyl (C=O) groups is 2. The Bertz CT molecular complexity index is 862. The molecule has 2 atom stereocenters. The monoisotopic (exact) mass is 432 g/mol. The number of aryl methyl sites for hydroxylation is 2. The first-order chi connectivity index (χ1) is 12.8. The molecule has 27 heavy (non-hydrogen) atoms. The minimum atomic E-state index is -0.108. The van der Waals surface area contributed by atoms with Crippen molar-refractivity contribution in [1.29, 1.82) is 0 Å². The summed E-state index contributed by atoms with van der Waals surface area (Å²) in [5.74, 6) is 0.197. The predicted octanol–water partition coefficient (Wildman–Crippen LogP) is 3.14. The number of aromatic nitrogens is 2. The van der Waals surface area contributed by atoms with Gasteiger partial charge in [0.15, 0.2) is 0 Å². The van der Waals surface area contributed by atoms with E-state index in [1.54, 1.807) is 6.20 Å². The molecule has 0 fully saturated rings. The van der Waals surface area contributed by atoms with Gasteiger partial charge in [-0.05, 0) is 55.9 Å². The molecule has 0 bridgehead atoms. The quantitative estimate of drug-likeness (QED) is 0.761. The predicted molar refractivity (Wildman–Crippen MR) is 107 cm³/mol. The van der Waals surface area contributed by atoms with Gasteiger partial charge >= 0.3 is 0 Å². The molecule has 0 saturated heterocycles. The van der Waals surface area contributed by atoms with Crippen LogP contribution in [0.3, 0.4) is 0 Å². The first kappa shape index (κ1) is 19.6. The summed E-state index contributed by atoms with van der Waals surface area (Å²) in [6.07, 6.45) is 3.35. The van der Waals surface area contributed by atoms with Gasteiger partial charge < -0.3 is 10.6 Å². The average Bonchev–Trinajstić information content (AvgIpc) is 3.05. The number of hydrogen-bond donors (Lipinski definition) is 2. The van der Waals surface area contributed by atoms with Crippen LogP contribution in [0.2, 0.25) is 0 Å². The largest absolute Gasteiger partial charge is 0.356 e. The zero-order valence-corrected chi connectivity index (χ0v) is 17.5. The van der Waals surface area contributed by atoms with Crippen LogP contribution in [-0.2, 0) is 17.8 Å². The van der Waals surface area contributed by atoms with Gasteiger partial charge in [-0.25, -0.2) is 0 Å². The molecule has 1 aromatic carbocycles. The maximum absolute atomic E-state index is 12.9. The molecular weight excluding hydrogens is 408 g/mol. The molecule has 2 aromatic rings. The number of halogens is 1. The van der Waals surface area contributed by atoms with Crippen molar-refractivity contribution in [3.8, 4) is 0 Å². The van der Waals surface area contributed by atoms with Crippen molar-refractivity contribution in [1.82, 2.24) is 20.4 Å². The molecule has 6 nitrogen and oxygen atoms in total. The third-order valence-corrected chi connectivity index (χ3v) is 5.61. The second-order valence-corrected chi connectivity index (χ2v) is 8.14. The number of carbonyl (C=O) groups excluding carboxylic acids is 2. The number of nitrogens with one attached hydrogen (secondary N) is 2. The summed E-state index contributed by atoms with van der Waals surface area (Å²) in [7, 11) is 0. The molecule has 2 amide bonds. The Morgan fingerprint density at radius 1 is 1.41 bits per heavy atom. The lowest BCUT2D eigenvalue weighted by Gasteiger charge is -2.24. The SMILES string of the molecule is CC(=O)NCC1CCn2ncc(C(=O)NC(C)c3cc(Br)ccc3C)c2C1. The fourth-order valence-electron chi connectivity index (χ4n) is 3.58. The standard InChI is InChI=1S/C20H25BrN4O2/c1-12-4-5-16(21)9-17(12)13(2)24-20(27)18-11-23-25-7-6-15(8-19(18)25)10-22-14(3)26/h4-5,9,11,13,15H,6-8,10H2,1-3H3,(H,22,26)(H,24,27). The van der Waals surface area contributed by atoms with Gasteiger partial charge in [-0.2, -0.15) is 5.10 Å². The lowest BCUT2D eigenvalue weighted by Crippen LogP contribution is -2.33. The van der Waals surface area contributed by atoms with Gasteiger partial charge in [-0.1, -0.05) is 22.0 Å². The molecule has 0 radical (unpaired) electrons. The Kier molecular flexibility index (Phi) is 5.99. The van der Waals surface area contributed by atoms with Gasteiger partial charge in [0.25, 0.3) is 5.91 Å². The van der Waals surface area contributed by atoms with Crippen LogP contribution in [0.15, 0.2) is 28.9 Å². The fourth-order valence-corrected chi connectivity index (χ4v) is 3.96. The van der Waals surface area contributed by atoms with Gasteiger partial charge in [-0.3, -0.25) is 14.3 Å². The zero-order chi connectivity index (χ0) is 19.6. The van der Waals surface area contributed by atoms with Gasteiger partial charge in [-0.15, -0.1) is 0 Å². The Morgan fingerprint density at radius 2 is 2.19 bits per heavy atom. The first-order valence-corrected chi connectivity index (χ1v) is 10.0. The Labute approximate surface area is 167 Å². The van der Waals surface area contributed by atoms with Crippen molar-refractivity contribution in [2.24, 2.45) is 5.92 Å². The second kappa shape index (κ2) is 8.25. The number of rotatable bonds is 5. The smallest absolute Gasteiger partial charge is 0.255 e. The first-order valence-electron chi connectivity index (χ1n) is 9.21. The molecule has 0 saturated carbocycles. The van der Waals surface area contributed by atoms with Crippen molar-refractivity contribution in [2.45, 2.75) is 46.2 Å². The Hall–Kier alpha value is -2.15. The van der Waals surface area contributed by atoms with Crippen molar-refractivity contribution < 1.29 is 9.59 Å². The summed E-state index contributed by atoms with van der Waals surface area (Å²) in [5, 5.41) is 10.4. The van der Waals surface area contributed by atoms with Gasteiger partial charge in [0.2, 0.25) is 5.91 Å². The van der Waals surface area contributed by atoms with E-state index in [1.807, 2.05) is 36.7 Å². The van der Waals surface area contributed by atoms with Crippen molar-refractivity contribution >= 4 is 27.7 Å². The van der Waals surface area contributed by atoms with Crippen LogP contribution in [0.4, 0.5) is 0 Å². The highest BCUT2D eigenvalue weighted by Gasteiger charge is 2.26. The van der Waals surface area contributed by atoms with Gasteiger partial charge in [0.1, 0.15) is 0 Å². The summed E-state index contributed by atoms with van der Waals surface area (Å²) < 4.78 is 2.90. The number of fused-ring (bicyclic) bond motifs is 1. The van der Waals surface area contributed by atoms with E-state index in [0.29, 0.717) is 18.0 Å².